The lowest BCUT2D eigenvalue weighted by atomic mass is 10.1. The Bertz CT molecular complexity index is 305. The molecule has 4 nitrogen and oxygen atoms in total. The number of hydrogen-bond acceptors (Lipinski definition) is 3. The van der Waals surface area contributed by atoms with Gasteiger partial charge in [-0.3, -0.25) is 4.90 Å². The number of primary sulfonamides is 1. The fourth-order valence-corrected chi connectivity index (χ4v) is 2.47. The van der Waals surface area contributed by atoms with Crippen LogP contribution in [-0.2, 0) is 10.0 Å². The summed E-state index contributed by atoms with van der Waals surface area (Å²) < 4.78 is 22.1. The first-order valence-electron chi connectivity index (χ1n) is 4.21. The van der Waals surface area contributed by atoms with Gasteiger partial charge in [-0.25, -0.2) is 13.6 Å². The lowest BCUT2D eigenvalue weighted by Gasteiger charge is -2.29. The number of terminal acetylenes is 1. The minimum absolute atomic E-state index is 0.436. The summed E-state index contributed by atoms with van der Waals surface area (Å²) in [5.74, 6) is 2.50. The summed E-state index contributed by atoms with van der Waals surface area (Å²) in [4.78, 5) is 1.94. The summed E-state index contributed by atoms with van der Waals surface area (Å²) in [6, 6.07) is 0. The zero-order valence-electron chi connectivity index (χ0n) is 7.44. The van der Waals surface area contributed by atoms with Crippen LogP contribution in [0.25, 0.3) is 0 Å². The molecule has 0 amide bonds. The van der Waals surface area contributed by atoms with Crippen LogP contribution in [0.5, 0.6) is 0 Å². The van der Waals surface area contributed by atoms with Crippen molar-refractivity contribution < 1.29 is 8.42 Å². The Morgan fingerprint density at radius 1 is 1.62 bits per heavy atom. The molecule has 2 N–H and O–H groups in total. The average molecular weight is 202 g/mol. The molecule has 0 aromatic rings. The smallest absolute Gasteiger partial charge is 0.213 e. The van der Waals surface area contributed by atoms with Crippen molar-refractivity contribution in [1.82, 2.24) is 4.90 Å². The fraction of sp³-hybridized carbons (Fsp3) is 0.750. The SMILES string of the molecule is C#CCN1CCCC(S(N)(=O)=O)C1. The molecular formula is C8H14N2O2S. The fourth-order valence-electron chi connectivity index (χ4n) is 1.55. The van der Waals surface area contributed by atoms with Gasteiger partial charge < -0.3 is 0 Å². The van der Waals surface area contributed by atoms with Gasteiger partial charge >= 0.3 is 0 Å². The Morgan fingerprint density at radius 3 is 2.85 bits per heavy atom. The molecule has 1 unspecified atom stereocenters. The largest absolute Gasteiger partial charge is 0.291 e. The zero-order chi connectivity index (χ0) is 9.90. The Balaban J connectivity index is 2.58. The first-order chi connectivity index (χ1) is 6.04. The molecular weight excluding hydrogens is 188 g/mol. The van der Waals surface area contributed by atoms with E-state index in [0.717, 1.165) is 13.0 Å². The molecule has 5 heteroatoms. The van der Waals surface area contributed by atoms with Crippen molar-refractivity contribution in [1.29, 1.82) is 0 Å². The van der Waals surface area contributed by atoms with Crippen molar-refractivity contribution in [2.75, 3.05) is 19.6 Å². The van der Waals surface area contributed by atoms with Crippen molar-refractivity contribution in [3.05, 3.63) is 0 Å². The van der Waals surface area contributed by atoms with Gasteiger partial charge in [-0.1, -0.05) is 5.92 Å². The van der Waals surface area contributed by atoms with Gasteiger partial charge in [-0.15, -0.1) is 6.42 Å². The van der Waals surface area contributed by atoms with Crippen molar-refractivity contribution in [3.8, 4) is 12.3 Å². The van der Waals surface area contributed by atoms with Crippen molar-refractivity contribution in [3.63, 3.8) is 0 Å². The Morgan fingerprint density at radius 2 is 2.31 bits per heavy atom. The van der Waals surface area contributed by atoms with Gasteiger partial charge in [0.1, 0.15) is 0 Å². The average Bonchev–Trinajstić information content (AvgIpc) is 2.04. The van der Waals surface area contributed by atoms with E-state index in [1.807, 2.05) is 4.90 Å². The summed E-state index contributed by atoms with van der Waals surface area (Å²) in [5.41, 5.74) is 0. The van der Waals surface area contributed by atoms with E-state index in [1.165, 1.54) is 0 Å². The molecule has 0 bridgehead atoms. The summed E-state index contributed by atoms with van der Waals surface area (Å²) in [6.45, 7) is 1.85. The summed E-state index contributed by atoms with van der Waals surface area (Å²) in [5, 5.41) is 4.63. The van der Waals surface area contributed by atoms with E-state index in [9.17, 15) is 8.42 Å². The summed E-state index contributed by atoms with van der Waals surface area (Å²) >= 11 is 0. The van der Waals surface area contributed by atoms with Crippen LogP contribution < -0.4 is 5.14 Å². The minimum atomic E-state index is -3.39. The molecule has 0 spiro atoms. The second-order valence-corrected chi connectivity index (χ2v) is 5.14. The highest BCUT2D eigenvalue weighted by Gasteiger charge is 2.27. The van der Waals surface area contributed by atoms with Crippen molar-refractivity contribution in [2.24, 2.45) is 5.14 Å². The number of piperidine rings is 1. The topological polar surface area (TPSA) is 63.4 Å². The molecule has 0 aromatic carbocycles. The van der Waals surface area contributed by atoms with Crippen LogP contribution in [0, 0.1) is 12.3 Å². The number of hydrogen-bond donors (Lipinski definition) is 1. The molecule has 1 atom stereocenters. The molecule has 74 valence electrons. The second kappa shape index (κ2) is 4.09. The molecule has 13 heavy (non-hydrogen) atoms. The number of nitrogens with two attached hydrogens (primary N) is 1. The standard InChI is InChI=1S/C8H14N2O2S/c1-2-5-10-6-3-4-8(7-10)13(9,11)12/h1,8H,3-7H2,(H2,9,11,12). The quantitative estimate of drug-likeness (QED) is 0.607. The van der Waals surface area contributed by atoms with Gasteiger partial charge in [0.2, 0.25) is 10.0 Å². The Hall–Kier alpha value is -0.570. The summed E-state index contributed by atoms with van der Waals surface area (Å²) in [7, 11) is -3.39. The highest BCUT2D eigenvalue weighted by atomic mass is 32.2. The summed E-state index contributed by atoms with van der Waals surface area (Å²) in [6.07, 6.45) is 6.64. The lowest BCUT2D eigenvalue weighted by molar-refractivity contribution is 0.256. The van der Waals surface area contributed by atoms with Crippen LogP contribution >= 0.6 is 0 Å². The van der Waals surface area contributed by atoms with Gasteiger partial charge in [-0.2, -0.15) is 0 Å². The maximum Gasteiger partial charge on any atom is 0.213 e. The predicted molar refractivity (Wildman–Crippen MR) is 51.4 cm³/mol. The maximum absolute atomic E-state index is 11.0. The normalized spacial score (nSPS) is 25.4. The van der Waals surface area contributed by atoms with Gasteiger partial charge in [0.15, 0.2) is 0 Å². The molecule has 0 saturated carbocycles. The van der Waals surface area contributed by atoms with E-state index in [2.05, 4.69) is 5.92 Å². The van der Waals surface area contributed by atoms with E-state index in [0.29, 0.717) is 19.5 Å². The number of likely N-dealkylation sites (tertiary alicyclic amines) is 1. The van der Waals surface area contributed by atoms with Crippen molar-refractivity contribution in [2.45, 2.75) is 18.1 Å². The molecule has 1 aliphatic heterocycles. The van der Waals surface area contributed by atoms with Crippen LogP contribution in [0.4, 0.5) is 0 Å². The molecule has 0 radical (unpaired) electrons. The van der Waals surface area contributed by atoms with Gasteiger partial charge in [0, 0.05) is 6.54 Å². The molecule has 1 rings (SSSR count). The molecule has 1 saturated heterocycles. The second-order valence-electron chi connectivity index (χ2n) is 3.29. The number of nitrogens with zero attached hydrogens (tertiary/aromatic N) is 1. The van der Waals surface area contributed by atoms with Gasteiger partial charge in [0.25, 0.3) is 0 Å². The molecule has 1 fully saturated rings. The monoisotopic (exact) mass is 202 g/mol. The molecule has 1 heterocycles. The molecule has 0 aromatic heterocycles. The van der Waals surface area contributed by atoms with E-state index in [1.54, 1.807) is 0 Å². The van der Waals surface area contributed by atoms with Crippen LogP contribution in [-0.4, -0.2) is 38.2 Å². The van der Waals surface area contributed by atoms with E-state index in [-0.39, 0.29) is 0 Å². The van der Waals surface area contributed by atoms with Crippen LogP contribution in [0.2, 0.25) is 0 Å². The lowest BCUT2D eigenvalue weighted by Crippen LogP contribution is -2.44. The highest BCUT2D eigenvalue weighted by Crippen LogP contribution is 2.14. The third kappa shape index (κ3) is 2.99. The van der Waals surface area contributed by atoms with Crippen LogP contribution in [0.3, 0.4) is 0 Å². The zero-order valence-corrected chi connectivity index (χ0v) is 8.26. The highest BCUT2D eigenvalue weighted by molar-refractivity contribution is 7.89. The molecule has 1 aliphatic rings. The molecule has 0 aliphatic carbocycles. The van der Waals surface area contributed by atoms with Gasteiger partial charge in [0.05, 0.1) is 11.8 Å². The van der Waals surface area contributed by atoms with Crippen molar-refractivity contribution >= 4 is 10.0 Å². The predicted octanol–water partition coefficient (Wildman–Crippen LogP) is -0.627. The third-order valence-corrected chi connectivity index (χ3v) is 3.56. The number of sulfonamides is 1. The van der Waals surface area contributed by atoms with Gasteiger partial charge in [-0.05, 0) is 19.4 Å². The third-order valence-electron chi connectivity index (χ3n) is 2.24. The van der Waals surface area contributed by atoms with E-state index in [4.69, 9.17) is 11.6 Å². The number of rotatable bonds is 2. The minimum Gasteiger partial charge on any atom is -0.291 e. The first kappa shape index (κ1) is 10.5. The van der Waals surface area contributed by atoms with Crippen LogP contribution in [0.1, 0.15) is 12.8 Å². The van der Waals surface area contributed by atoms with E-state index >= 15 is 0 Å². The Labute approximate surface area is 79.1 Å². The van der Waals surface area contributed by atoms with E-state index < -0.39 is 15.3 Å². The Kier molecular flexibility index (Phi) is 3.31. The first-order valence-corrected chi connectivity index (χ1v) is 5.82. The maximum atomic E-state index is 11.0. The van der Waals surface area contributed by atoms with Crippen LogP contribution in [0.15, 0.2) is 0 Å².